The van der Waals surface area contributed by atoms with Gasteiger partial charge >= 0.3 is 5.69 Å². The van der Waals surface area contributed by atoms with Gasteiger partial charge in [-0.15, -0.1) is 0 Å². The van der Waals surface area contributed by atoms with Gasteiger partial charge in [0.25, 0.3) is 5.56 Å². The van der Waals surface area contributed by atoms with E-state index < -0.39 is 5.69 Å². The minimum absolute atomic E-state index is 0.252. The lowest BCUT2D eigenvalue weighted by Gasteiger charge is -2.22. The fourth-order valence-corrected chi connectivity index (χ4v) is 2.15. The Balaban J connectivity index is 1.93. The molecule has 1 saturated heterocycles. The maximum absolute atomic E-state index is 11.4. The van der Waals surface area contributed by atoms with Crippen LogP contribution >= 0.6 is 0 Å². The van der Waals surface area contributed by atoms with Crippen LogP contribution in [0.4, 0.5) is 0 Å². The maximum Gasteiger partial charge on any atom is 0.325 e. The van der Waals surface area contributed by atoms with Gasteiger partial charge in [-0.05, 0) is 44.7 Å². The summed E-state index contributed by atoms with van der Waals surface area (Å²) in [4.78, 5) is 27.0. The summed E-state index contributed by atoms with van der Waals surface area (Å²) in [7, 11) is 0. The predicted molar refractivity (Wildman–Crippen MR) is 61.6 cm³/mol. The smallest absolute Gasteiger partial charge is 0.317 e. The monoisotopic (exact) mass is 223 g/mol. The molecule has 0 radical (unpaired) electrons. The van der Waals surface area contributed by atoms with Gasteiger partial charge < -0.3 is 10.3 Å². The molecule has 1 aliphatic rings. The molecule has 1 aromatic rings. The third-order valence-electron chi connectivity index (χ3n) is 3.18. The molecule has 0 saturated carbocycles. The zero-order valence-corrected chi connectivity index (χ0v) is 9.21. The highest BCUT2D eigenvalue weighted by Gasteiger charge is 2.13. The second-order valence-electron chi connectivity index (χ2n) is 4.33. The second-order valence-corrected chi connectivity index (χ2v) is 4.33. The van der Waals surface area contributed by atoms with Gasteiger partial charge in [-0.25, -0.2) is 4.79 Å². The Labute approximate surface area is 93.3 Å². The Morgan fingerprint density at radius 3 is 2.69 bits per heavy atom. The van der Waals surface area contributed by atoms with Gasteiger partial charge in [0.2, 0.25) is 0 Å². The lowest BCUT2D eigenvalue weighted by molar-refractivity contribution is 0.354. The minimum Gasteiger partial charge on any atom is -0.317 e. The number of aryl methyl sites for hydroxylation is 1. The van der Waals surface area contributed by atoms with Gasteiger partial charge in [-0.2, -0.15) is 0 Å². The van der Waals surface area contributed by atoms with Gasteiger partial charge in [-0.1, -0.05) is 0 Å². The quantitative estimate of drug-likeness (QED) is 0.674. The Hall–Kier alpha value is -1.36. The molecule has 3 N–H and O–H groups in total. The first-order chi connectivity index (χ1) is 7.75. The van der Waals surface area contributed by atoms with E-state index in [1.165, 1.54) is 19.0 Å². The lowest BCUT2D eigenvalue weighted by Crippen LogP contribution is -2.29. The van der Waals surface area contributed by atoms with E-state index in [0.29, 0.717) is 11.5 Å². The van der Waals surface area contributed by atoms with Gasteiger partial charge in [0.1, 0.15) is 0 Å². The topological polar surface area (TPSA) is 77.8 Å². The molecule has 0 atom stereocenters. The zero-order chi connectivity index (χ0) is 11.4. The molecule has 88 valence electrons. The standard InChI is InChI=1S/C11H17N3O2/c15-10-9(7-13-11(16)14-10)2-1-8-3-5-12-6-4-8/h7-8,12H,1-6H2,(H2,13,14,15,16). The van der Waals surface area contributed by atoms with E-state index >= 15 is 0 Å². The van der Waals surface area contributed by atoms with E-state index in [4.69, 9.17) is 0 Å². The summed E-state index contributed by atoms with van der Waals surface area (Å²) < 4.78 is 0. The number of hydrogen-bond acceptors (Lipinski definition) is 3. The van der Waals surface area contributed by atoms with Gasteiger partial charge in [-0.3, -0.25) is 9.78 Å². The van der Waals surface area contributed by atoms with E-state index in [1.807, 2.05) is 0 Å². The molecule has 2 rings (SSSR count). The van der Waals surface area contributed by atoms with Crippen molar-refractivity contribution in [1.29, 1.82) is 0 Å². The SMILES string of the molecule is O=c1[nH]cc(CCC2CCNCC2)c(=O)[nH]1. The summed E-state index contributed by atoms with van der Waals surface area (Å²) in [5, 5.41) is 3.32. The van der Waals surface area contributed by atoms with Crippen molar-refractivity contribution in [2.75, 3.05) is 13.1 Å². The van der Waals surface area contributed by atoms with Gasteiger partial charge in [0.05, 0.1) is 0 Å². The van der Waals surface area contributed by atoms with E-state index in [-0.39, 0.29) is 5.56 Å². The highest BCUT2D eigenvalue weighted by atomic mass is 16.2. The number of hydrogen-bond donors (Lipinski definition) is 3. The van der Waals surface area contributed by atoms with Crippen LogP contribution in [0.3, 0.4) is 0 Å². The van der Waals surface area contributed by atoms with Crippen molar-refractivity contribution in [3.8, 4) is 0 Å². The van der Waals surface area contributed by atoms with Crippen LogP contribution in [-0.4, -0.2) is 23.1 Å². The van der Waals surface area contributed by atoms with Crippen LogP contribution in [0.15, 0.2) is 15.8 Å². The fraction of sp³-hybridized carbons (Fsp3) is 0.636. The van der Waals surface area contributed by atoms with E-state index in [0.717, 1.165) is 25.9 Å². The molecule has 16 heavy (non-hydrogen) atoms. The predicted octanol–water partition coefficient (Wildman–Crippen LogP) is -0.00460. The van der Waals surface area contributed by atoms with Crippen LogP contribution in [0.1, 0.15) is 24.8 Å². The van der Waals surface area contributed by atoms with Crippen LogP contribution < -0.4 is 16.6 Å². The minimum atomic E-state index is -0.435. The summed E-state index contributed by atoms with van der Waals surface area (Å²) in [6.07, 6.45) is 5.67. The number of aromatic nitrogens is 2. The Kier molecular flexibility index (Phi) is 3.56. The second kappa shape index (κ2) is 5.12. The van der Waals surface area contributed by atoms with Crippen LogP contribution in [0.2, 0.25) is 0 Å². The zero-order valence-electron chi connectivity index (χ0n) is 9.21. The Bertz CT molecular complexity index is 443. The van der Waals surface area contributed by atoms with Crippen LogP contribution in [0, 0.1) is 5.92 Å². The molecule has 2 heterocycles. The molecule has 0 aliphatic carbocycles. The molecule has 0 bridgehead atoms. The number of H-pyrrole nitrogens is 2. The van der Waals surface area contributed by atoms with Crippen molar-refractivity contribution in [2.45, 2.75) is 25.7 Å². The summed E-state index contributed by atoms with van der Waals surface area (Å²) in [5.41, 5.74) is -0.00793. The molecule has 0 spiro atoms. The summed E-state index contributed by atoms with van der Waals surface area (Å²) in [6.45, 7) is 2.15. The number of rotatable bonds is 3. The van der Waals surface area contributed by atoms with E-state index in [1.54, 1.807) is 0 Å². The van der Waals surface area contributed by atoms with Gasteiger partial charge in [0.15, 0.2) is 0 Å². The average Bonchev–Trinajstić information content (AvgIpc) is 2.29. The molecule has 1 aliphatic heterocycles. The first kappa shape index (κ1) is 11.1. The number of piperidine rings is 1. The van der Waals surface area contributed by atoms with Crippen molar-refractivity contribution < 1.29 is 0 Å². The van der Waals surface area contributed by atoms with Crippen molar-refractivity contribution >= 4 is 0 Å². The van der Waals surface area contributed by atoms with Crippen LogP contribution in [-0.2, 0) is 6.42 Å². The average molecular weight is 223 g/mol. The maximum atomic E-state index is 11.4. The molecule has 1 aromatic heterocycles. The van der Waals surface area contributed by atoms with Crippen molar-refractivity contribution in [1.82, 2.24) is 15.3 Å². The van der Waals surface area contributed by atoms with Crippen LogP contribution in [0.5, 0.6) is 0 Å². The highest BCUT2D eigenvalue weighted by molar-refractivity contribution is 5.03. The molecule has 5 nitrogen and oxygen atoms in total. The third-order valence-corrected chi connectivity index (χ3v) is 3.18. The number of aromatic amines is 2. The van der Waals surface area contributed by atoms with Crippen molar-refractivity contribution in [3.05, 3.63) is 32.6 Å². The molecule has 0 amide bonds. The normalized spacial score (nSPS) is 17.5. The largest absolute Gasteiger partial charge is 0.325 e. The Morgan fingerprint density at radius 1 is 1.25 bits per heavy atom. The highest BCUT2D eigenvalue weighted by Crippen LogP contribution is 2.17. The van der Waals surface area contributed by atoms with Crippen molar-refractivity contribution in [2.24, 2.45) is 5.92 Å². The number of nitrogens with one attached hydrogen (secondary N) is 3. The van der Waals surface area contributed by atoms with Gasteiger partial charge in [0, 0.05) is 11.8 Å². The summed E-state index contributed by atoms with van der Waals surface area (Å²) >= 11 is 0. The van der Waals surface area contributed by atoms with E-state index in [2.05, 4.69) is 15.3 Å². The van der Waals surface area contributed by atoms with Crippen molar-refractivity contribution in [3.63, 3.8) is 0 Å². The van der Waals surface area contributed by atoms with E-state index in [9.17, 15) is 9.59 Å². The first-order valence-corrected chi connectivity index (χ1v) is 5.77. The summed E-state index contributed by atoms with van der Waals surface area (Å²) in [5.74, 6) is 0.701. The molecule has 0 aromatic carbocycles. The van der Waals surface area contributed by atoms with Crippen LogP contribution in [0.25, 0.3) is 0 Å². The molecular weight excluding hydrogens is 206 g/mol. The summed E-state index contributed by atoms with van der Waals surface area (Å²) in [6, 6.07) is 0. The lowest BCUT2D eigenvalue weighted by atomic mass is 9.92. The molecule has 0 unspecified atom stereocenters. The molecule has 1 fully saturated rings. The fourth-order valence-electron chi connectivity index (χ4n) is 2.15. The molecule has 5 heteroatoms. The first-order valence-electron chi connectivity index (χ1n) is 5.77. The third kappa shape index (κ3) is 2.82. The molecular formula is C11H17N3O2. The Morgan fingerprint density at radius 2 is 2.00 bits per heavy atom.